The van der Waals surface area contributed by atoms with Gasteiger partial charge in [-0.3, -0.25) is 0 Å². The largest absolute Gasteiger partial charge is 0.495 e. The summed E-state index contributed by atoms with van der Waals surface area (Å²) < 4.78 is 26.9. The molecule has 1 aromatic carbocycles. The van der Waals surface area contributed by atoms with Gasteiger partial charge in [-0.1, -0.05) is 6.07 Å². The first-order valence-electron chi connectivity index (χ1n) is 3.60. The summed E-state index contributed by atoms with van der Waals surface area (Å²) >= 11 is 0. The van der Waals surface area contributed by atoms with Crippen molar-refractivity contribution in [3.05, 3.63) is 23.8 Å². The molecule has 1 rings (SSSR count). The molecule has 0 unspecified atom stereocenters. The molecule has 6 heteroatoms. The van der Waals surface area contributed by atoms with Crippen molar-refractivity contribution in [1.29, 1.82) is 5.26 Å². The molecule has 0 spiro atoms. The van der Waals surface area contributed by atoms with E-state index in [9.17, 15) is 8.42 Å². The highest BCUT2D eigenvalue weighted by Gasteiger charge is 2.16. The van der Waals surface area contributed by atoms with Crippen LogP contribution in [0.5, 0.6) is 5.75 Å². The number of benzene rings is 1. The van der Waals surface area contributed by atoms with Gasteiger partial charge in [0.05, 0.1) is 7.11 Å². The standard InChI is InChI=1S/C8H8N2O3S/c1-13-7-3-2-4-8(6(7)5-9)14(10,11)12/h2-4H,1H3,(H2,10,11,12). The zero-order valence-corrected chi connectivity index (χ0v) is 8.21. The average Bonchev–Trinajstić information content (AvgIpc) is 2.15. The van der Waals surface area contributed by atoms with Gasteiger partial charge < -0.3 is 4.74 Å². The number of sulfonamides is 1. The normalized spacial score (nSPS) is 10.6. The molecule has 0 saturated carbocycles. The van der Waals surface area contributed by atoms with Gasteiger partial charge in [-0.05, 0) is 12.1 Å². The van der Waals surface area contributed by atoms with Crippen molar-refractivity contribution in [2.75, 3.05) is 7.11 Å². The molecule has 2 N–H and O–H groups in total. The van der Waals surface area contributed by atoms with Gasteiger partial charge in [0.2, 0.25) is 10.0 Å². The summed E-state index contributed by atoms with van der Waals surface area (Å²) in [6.07, 6.45) is 0. The fraction of sp³-hybridized carbons (Fsp3) is 0.125. The van der Waals surface area contributed by atoms with E-state index in [2.05, 4.69) is 0 Å². The highest BCUT2D eigenvalue weighted by atomic mass is 32.2. The van der Waals surface area contributed by atoms with E-state index in [1.165, 1.54) is 25.3 Å². The number of hydrogen-bond acceptors (Lipinski definition) is 4. The minimum absolute atomic E-state index is 0.0718. The van der Waals surface area contributed by atoms with Crippen LogP contribution in [0.25, 0.3) is 0 Å². The Bertz CT molecular complexity index is 488. The minimum atomic E-state index is -3.88. The second-order valence-corrected chi connectivity index (χ2v) is 4.02. The Morgan fingerprint density at radius 3 is 2.57 bits per heavy atom. The molecule has 0 amide bonds. The lowest BCUT2D eigenvalue weighted by Gasteiger charge is -2.05. The van der Waals surface area contributed by atoms with Crippen molar-refractivity contribution in [2.24, 2.45) is 5.14 Å². The lowest BCUT2D eigenvalue weighted by molar-refractivity contribution is 0.412. The quantitative estimate of drug-likeness (QED) is 0.758. The Morgan fingerprint density at radius 2 is 2.14 bits per heavy atom. The molecule has 1 aromatic rings. The van der Waals surface area contributed by atoms with Gasteiger partial charge in [-0.15, -0.1) is 0 Å². The Morgan fingerprint density at radius 1 is 1.50 bits per heavy atom. The van der Waals surface area contributed by atoms with Crippen LogP contribution < -0.4 is 9.88 Å². The van der Waals surface area contributed by atoms with Crippen LogP contribution in [0.15, 0.2) is 23.1 Å². The summed E-state index contributed by atoms with van der Waals surface area (Å²) in [5, 5.41) is 13.7. The molecule has 0 bridgehead atoms. The third kappa shape index (κ3) is 1.84. The predicted octanol–water partition coefficient (Wildman–Crippen LogP) is 0.214. The predicted molar refractivity (Wildman–Crippen MR) is 49.1 cm³/mol. The van der Waals surface area contributed by atoms with Crippen molar-refractivity contribution in [1.82, 2.24) is 0 Å². The lowest BCUT2D eigenvalue weighted by atomic mass is 10.2. The molecule has 0 aliphatic rings. The maximum absolute atomic E-state index is 11.1. The van der Waals surface area contributed by atoms with Crippen molar-refractivity contribution in [3.8, 4) is 11.8 Å². The molecule has 0 atom stereocenters. The van der Waals surface area contributed by atoms with E-state index in [1.54, 1.807) is 6.07 Å². The molecule has 0 radical (unpaired) electrons. The van der Waals surface area contributed by atoms with Crippen LogP contribution in [0.1, 0.15) is 5.56 Å². The molecular formula is C8H8N2O3S. The fourth-order valence-corrected chi connectivity index (χ4v) is 1.73. The Balaban J connectivity index is 3.55. The Hall–Kier alpha value is -1.58. The van der Waals surface area contributed by atoms with E-state index in [4.69, 9.17) is 15.1 Å². The maximum atomic E-state index is 11.1. The number of hydrogen-bond donors (Lipinski definition) is 1. The highest BCUT2D eigenvalue weighted by Crippen LogP contribution is 2.23. The SMILES string of the molecule is COc1cccc(S(N)(=O)=O)c1C#N. The van der Waals surface area contributed by atoms with E-state index in [-0.39, 0.29) is 16.2 Å². The zero-order valence-electron chi connectivity index (χ0n) is 7.39. The lowest BCUT2D eigenvalue weighted by Crippen LogP contribution is -2.14. The first-order valence-corrected chi connectivity index (χ1v) is 5.15. The van der Waals surface area contributed by atoms with Gasteiger partial charge in [-0.2, -0.15) is 5.26 Å². The second kappa shape index (κ2) is 3.65. The van der Waals surface area contributed by atoms with Crippen molar-refractivity contribution < 1.29 is 13.2 Å². The summed E-state index contributed by atoms with van der Waals surface area (Å²) in [6.45, 7) is 0. The number of primary sulfonamides is 1. The maximum Gasteiger partial charge on any atom is 0.239 e. The van der Waals surface area contributed by atoms with E-state index in [1.807, 2.05) is 0 Å². The average molecular weight is 212 g/mol. The molecule has 14 heavy (non-hydrogen) atoms. The molecule has 0 fully saturated rings. The topological polar surface area (TPSA) is 93.2 Å². The van der Waals surface area contributed by atoms with Crippen LogP contribution in [0.4, 0.5) is 0 Å². The number of rotatable bonds is 2. The summed E-state index contributed by atoms with van der Waals surface area (Å²) in [5.74, 6) is 0.194. The first-order chi connectivity index (χ1) is 6.50. The Kier molecular flexibility index (Phi) is 2.74. The Labute approximate surface area is 81.8 Å². The highest BCUT2D eigenvalue weighted by molar-refractivity contribution is 7.89. The van der Waals surface area contributed by atoms with E-state index >= 15 is 0 Å². The molecular weight excluding hydrogens is 204 g/mol. The molecule has 0 heterocycles. The van der Waals surface area contributed by atoms with Crippen molar-refractivity contribution in [3.63, 3.8) is 0 Å². The molecule has 0 aliphatic carbocycles. The van der Waals surface area contributed by atoms with Crippen LogP contribution in [0.2, 0.25) is 0 Å². The smallest absolute Gasteiger partial charge is 0.239 e. The van der Waals surface area contributed by atoms with Gasteiger partial charge in [0.1, 0.15) is 22.3 Å². The molecule has 5 nitrogen and oxygen atoms in total. The van der Waals surface area contributed by atoms with Crippen molar-refractivity contribution in [2.45, 2.75) is 4.90 Å². The zero-order chi connectivity index (χ0) is 10.8. The third-order valence-corrected chi connectivity index (χ3v) is 2.58. The minimum Gasteiger partial charge on any atom is -0.495 e. The van der Waals surface area contributed by atoms with Gasteiger partial charge >= 0.3 is 0 Å². The number of ether oxygens (including phenoxy) is 1. The molecule has 0 aliphatic heterocycles. The summed E-state index contributed by atoms with van der Waals surface area (Å²) in [4.78, 5) is -0.223. The van der Waals surface area contributed by atoms with Crippen LogP contribution >= 0.6 is 0 Å². The molecule has 74 valence electrons. The second-order valence-electron chi connectivity index (χ2n) is 2.49. The van der Waals surface area contributed by atoms with Crippen LogP contribution in [-0.4, -0.2) is 15.5 Å². The summed E-state index contributed by atoms with van der Waals surface area (Å²) in [6, 6.07) is 5.95. The van der Waals surface area contributed by atoms with Crippen LogP contribution in [0, 0.1) is 11.3 Å². The van der Waals surface area contributed by atoms with Gasteiger partial charge in [0, 0.05) is 0 Å². The summed E-state index contributed by atoms with van der Waals surface area (Å²) in [7, 11) is -2.53. The fourth-order valence-electron chi connectivity index (χ4n) is 1.03. The molecule has 0 saturated heterocycles. The first kappa shape index (κ1) is 10.5. The number of nitriles is 1. The number of nitrogens with two attached hydrogens (primary N) is 1. The van der Waals surface area contributed by atoms with Crippen molar-refractivity contribution >= 4 is 10.0 Å². The van der Waals surface area contributed by atoms with E-state index in [0.717, 1.165) is 0 Å². The number of nitrogens with zero attached hydrogens (tertiary/aromatic N) is 1. The third-order valence-electron chi connectivity index (χ3n) is 1.63. The molecule has 0 aromatic heterocycles. The summed E-state index contributed by atoms with van der Waals surface area (Å²) in [5.41, 5.74) is -0.0718. The van der Waals surface area contributed by atoms with E-state index < -0.39 is 10.0 Å². The monoisotopic (exact) mass is 212 g/mol. The van der Waals surface area contributed by atoms with Crippen LogP contribution in [-0.2, 0) is 10.0 Å². The number of methoxy groups -OCH3 is 1. The van der Waals surface area contributed by atoms with Gasteiger partial charge in [-0.25, -0.2) is 13.6 Å². The van der Waals surface area contributed by atoms with Gasteiger partial charge in [0.15, 0.2) is 0 Å². The van der Waals surface area contributed by atoms with E-state index in [0.29, 0.717) is 0 Å². The van der Waals surface area contributed by atoms with Gasteiger partial charge in [0.25, 0.3) is 0 Å². The van der Waals surface area contributed by atoms with Crippen LogP contribution in [0.3, 0.4) is 0 Å².